The van der Waals surface area contributed by atoms with Crippen molar-refractivity contribution < 1.29 is 50.5 Å². The lowest BCUT2D eigenvalue weighted by atomic mass is 10.2. The smallest absolute Gasteiger partial charge is 0.434 e. The number of amides is 1. The maximum absolute atomic E-state index is 12.5. The van der Waals surface area contributed by atoms with Crippen LogP contribution in [0, 0.1) is 6.92 Å². The van der Waals surface area contributed by atoms with Crippen molar-refractivity contribution in [3.63, 3.8) is 0 Å². The molecule has 27 heavy (non-hydrogen) atoms. The van der Waals surface area contributed by atoms with Crippen molar-refractivity contribution in [1.29, 1.82) is 0 Å². The summed E-state index contributed by atoms with van der Waals surface area (Å²) in [4.78, 5) is 23.8. The molecule has 1 amide bonds. The average molecular weight is 401 g/mol. The van der Waals surface area contributed by atoms with Crippen molar-refractivity contribution in [3.05, 3.63) is 41.3 Å². The first-order valence-corrected chi connectivity index (χ1v) is 6.97. The monoisotopic (exact) mass is 401 g/mol. The fourth-order valence-corrected chi connectivity index (χ4v) is 1.69. The van der Waals surface area contributed by atoms with Gasteiger partial charge in [0, 0.05) is 5.69 Å². The molecule has 0 aliphatic heterocycles. The average Bonchev–Trinajstić information content (AvgIpc) is 2.52. The lowest BCUT2D eigenvalue weighted by Gasteiger charge is -2.23. The number of hydrogen-bond donors (Lipinski definition) is 2. The third kappa shape index (κ3) is 6.08. The van der Waals surface area contributed by atoms with Crippen LogP contribution in [0.3, 0.4) is 0 Å². The highest BCUT2D eigenvalue weighted by molar-refractivity contribution is 6.21. The number of esters is 1. The molecule has 1 aromatic carbocycles. The minimum absolute atomic E-state index is 0.0444. The predicted octanol–water partition coefficient (Wildman–Crippen LogP) is 3.39. The molecular formula is C15H13F6NO5. The number of carbonyl (C=O) groups excluding carboxylic acids is 2. The molecular weight excluding hydrogens is 388 g/mol. The van der Waals surface area contributed by atoms with E-state index in [0.29, 0.717) is 0 Å². The number of halogens is 6. The summed E-state index contributed by atoms with van der Waals surface area (Å²) in [6, 6.07) is 5.73. The molecule has 0 aliphatic carbocycles. The standard InChI is InChI=1S/C15H13F6NO5/c1-7-3-5-8(6-4-7)22-10(23)9(11(24)26-2)12(25)27-13(14(16,17)18)15(19,20)21/h3-6,13,24H,1-2H3,(H,22,23)/b11-9+. The van der Waals surface area contributed by atoms with Gasteiger partial charge in [0.15, 0.2) is 0 Å². The number of rotatable bonds is 5. The van der Waals surface area contributed by atoms with Gasteiger partial charge >= 0.3 is 18.3 Å². The largest absolute Gasteiger partial charge is 0.480 e. The Bertz CT molecular complexity index is 710. The number of benzene rings is 1. The van der Waals surface area contributed by atoms with Crippen LogP contribution in [0.5, 0.6) is 0 Å². The highest BCUT2D eigenvalue weighted by Crippen LogP contribution is 2.36. The Kier molecular flexibility index (Phi) is 6.71. The highest BCUT2D eigenvalue weighted by atomic mass is 19.4. The summed E-state index contributed by atoms with van der Waals surface area (Å²) in [7, 11) is 0.729. The van der Waals surface area contributed by atoms with Gasteiger partial charge in [-0.25, -0.2) is 4.79 Å². The third-order valence-electron chi connectivity index (χ3n) is 2.97. The Morgan fingerprint density at radius 3 is 1.93 bits per heavy atom. The summed E-state index contributed by atoms with van der Waals surface area (Å²) in [6.45, 7) is 1.71. The van der Waals surface area contributed by atoms with Gasteiger partial charge in [0.25, 0.3) is 18.0 Å². The van der Waals surface area contributed by atoms with Crippen molar-refractivity contribution in [2.24, 2.45) is 0 Å². The number of nitrogens with one attached hydrogen (secondary N) is 1. The van der Waals surface area contributed by atoms with Crippen LogP contribution in [0.15, 0.2) is 35.8 Å². The van der Waals surface area contributed by atoms with Crippen LogP contribution < -0.4 is 5.32 Å². The molecule has 2 N–H and O–H groups in total. The van der Waals surface area contributed by atoms with Crippen LogP contribution in [-0.4, -0.2) is 42.5 Å². The van der Waals surface area contributed by atoms with E-state index >= 15 is 0 Å². The Labute approximate surface area is 148 Å². The first-order valence-electron chi connectivity index (χ1n) is 6.97. The van der Waals surface area contributed by atoms with Crippen LogP contribution in [0.2, 0.25) is 0 Å². The van der Waals surface area contributed by atoms with Crippen molar-refractivity contribution in [3.8, 4) is 0 Å². The zero-order valence-electron chi connectivity index (χ0n) is 13.7. The molecule has 12 heteroatoms. The number of hydrogen-bond acceptors (Lipinski definition) is 5. The van der Waals surface area contributed by atoms with E-state index in [1.165, 1.54) is 24.3 Å². The first kappa shape index (κ1) is 22.1. The molecule has 0 atom stereocenters. The summed E-state index contributed by atoms with van der Waals surface area (Å²) in [5.41, 5.74) is -0.749. The van der Waals surface area contributed by atoms with Gasteiger partial charge in [0.2, 0.25) is 5.57 Å². The second-order valence-electron chi connectivity index (χ2n) is 5.07. The quantitative estimate of drug-likeness (QED) is 0.197. The van der Waals surface area contributed by atoms with Crippen LogP contribution in [0.25, 0.3) is 0 Å². The number of methoxy groups -OCH3 is 1. The number of anilines is 1. The van der Waals surface area contributed by atoms with Crippen LogP contribution >= 0.6 is 0 Å². The van der Waals surface area contributed by atoms with Gasteiger partial charge in [-0.3, -0.25) is 4.79 Å². The summed E-state index contributed by atoms with van der Waals surface area (Å²) in [5.74, 6) is -5.43. The van der Waals surface area contributed by atoms with E-state index in [4.69, 9.17) is 0 Å². The molecule has 0 unspecified atom stereocenters. The van der Waals surface area contributed by atoms with Gasteiger partial charge < -0.3 is 19.9 Å². The van der Waals surface area contributed by atoms with Crippen molar-refractivity contribution in [2.75, 3.05) is 12.4 Å². The molecule has 0 saturated carbocycles. The van der Waals surface area contributed by atoms with Gasteiger partial charge in [0.1, 0.15) is 0 Å². The molecule has 0 heterocycles. The molecule has 0 aliphatic rings. The first-order chi connectivity index (χ1) is 12.3. The van der Waals surface area contributed by atoms with Crippen LogP contribution in [0.4, 0.5) is 32.0 Å². The molecule has 1 rings (SSSR count). The van der Waals surface area contributed by atoms with Gasteiger partial charge in [-0.15, -0.1) is 0 Å². The molecule has 150 valence electrons. The summed E-state index contributed by atoms with van der Waals surface area (Å²) < 4.78 is 82.6. The Balaban J connectivity index is 3.14. The molecule has 0 radical (unpaired) electrons. The van der Waals surface area contributed by atoms with Crippen molar-refractivity contribution in [1.82, 2.24) is 0 Å². The van der Waals surface area contributed by atoms with E-state index in [2.05, 4.69) is 9.47 Å². The second kappa shape index (κ2) is 8.18. The Morgan fingerprint density at radius 2 is 1.52 bits per heavy atom. The molecule has 0 fully saturated rings. The van der Waals surface area contributed by atoms with Crippen molar-refractivity contribution in [2.45, 2.75) is 25.4 Å². The zero-order valence-corrected chi connectivity index (χ0v) is 13.7. The van der Waals surface area contributed by atoms with Crippen LogP contribution in [-0.2, 0) is 19.1 Å². The number of aryl methyl sites for hydroxylation is 1. The zero-order chi connectivity index (χ0) is 21.0. The van der Waals surface area contributed by atoms with E-state index in [-0.39, 0.29) is 5.69 Å². The van der Waals surface area contributed by atoms with Gasteiger partial charge in [0.05, 0.1) is 7.11 Å². The lowest BCUT2D eigenvalue weighted by molar-refractivity contribution is -0.312. The number of alkyl halides is 6. The number of carbonyl (C=O) groups is 2. The van der Waals surface area contributed by atoms with Gasteiger partial charge in [-0.2, -0.15) is 26.3 Å². The van der Waals surface area contributed by atoms with Gasteiger partial charge in [-0.1, -0.05) is 17.7 Å². The maximum atomic E-state index is 12.5. The summed E-state index contributed by atoms with van der Waals surface area (Å²) >= 11 is 0. The van der Waals surface area contributed by atoms with E-state index in [9.17, 15) is 41.0 Å². The molecule has 0 spiro atoms. The van der Waals surface area contributed by atoms with Crippen molar-refractivity contribution >= 4 is 17.6 Å². The summed E-state index contributed by atoms with van der Waals surface area (Å²) in [6.07, 6.45) is -16.5. The fourth-order valence-electron chi connectivity index (χ4n) is 1.69. The molecule has 0 saturated heterocycles. The number of ether oxygens (including phenoxy) is 2. The Hall–Kier alpha value is -2.92. The highest BCUT2D eigenvalue weighted by Gasteiger charge is 2.60. The fraction of sp³-hybridized carbons (Fsp3) is 0.333. The lowest BCUT2D eigenvalue weighted by Crippen LogP contribution is -2.46. The van der Waals surface area contributed by atoms with Gasteiger partial charge in [-0.05, 0) is 19.1 Å². The van der Waals surface area contributed by atoms with E-state index in [1.807, 2.05) is 5.32 Å². The number of aliphatic hydroxyl groups excluding tert-OH is 1. The van der Waals surface area contributed by atoms with Crippen LogP contribution in [0.1, 0.15) is 5.56 Å². The van der Waals surface area contributed by atoms with E-state index < -0.39 is 41.9 Å². The maximum Gasteiger partial charge on any atom is 0.434 e. The van der Waals surface area contributed by atoms with E-state index in [1.54, 1.807) is 6.92 Å². The Morgan fingerprint density at radius 1 is 1.04 bits per heavy atom. The number of aliphatic hydroxyl groups is 1. The molecule has 1 aromatic rings. The second-order valence-corrected chi connectivity index (χ2v) is 5.07. The summed E-state index contributed by atoms with van der Waals surface area (Å²) in [5, 5.41) is 11.4. The third-order valence-corrected chi connectivity index (χ3v) is 2.97. The molecule has 0 bridgehead atoms. The van der Waals surface area contributed by atoms with E-state index in [0.717, 1.165) is 12.7 Å². The minimum atomic E-state index is -5.99. The molecule has 0 aromatic heterocycles. The SMILES string of the molecule is CO/C(O)=C(\C(=O)Nc1ccc(C)cc1)C(=O)OC(C(F)(F)F)C(F)(F)F. The molecule has 6 nitrogen and oxygen atoms in total. The normalized spacial score (nSPS) is 13.1. The minimum Gasteiger partial charge on any atom is -0.480 e. The topological polar surface area (TPSA) is 84.9 Å². The predicted molar refractivity (Wildman–Crippen MR) is 78.5 cm³/mol.